The highest BCUT2D eigenvalue weighted by atomic mass is 32.1. The van der Waals surface area contributed by atoms with Gasteiger partial charge in [-0.1, -0.05) is 48.5 Å². The van der Waals surface area contributed by atoms with Crippen molar-refractivity contribution in [1.82, 2.24) is 5.32 Å². The van der Waals surface area contributed by atoms with Gasteiger partial charge in [-0.15, -0.1) is 11.3 Å². The molecule has 3 aromatic rings. The number of hydrogen-bond donors (Lipinski definition) is 1. The average Bonchev–Trinajstić information content (AvgIpc) is 3.38. The number of hydrogen-bond acceptors (Lipinski definition) is 6. The molecule has 4 rings (SSSR count). The van der Waals surface area contributed by atoms with E-state index < -0.39 is 23.7 Å². The molecule has 0 saturated carbocycles. The van der Waals surface area contributed by atoms with E-state index >= 15 is 0 Å². The van der Waals surface area contributed by atoms with E-state index in [9.17, 15) is 9.59 Å². The Balaban J connectivity index is 1.46. The van der Waals surface area contributed by atoms with Gasteiger partial charge in [-0.25, -0.2) is 9.59 Å². The lowest BCUT2D eigenvalue weighted by Crippen LogP contribution is -2.45. The van der Waals surface area contributed by atoms with Crippen LogP contribution in [0, 0.1) is 11.3 Å². The third kappa shape index (κ3) is 5.29. The number of ether oxygens (including phenoxy) is 2. The average molecular weight is 475 g/mol. The van der Waals surface area contributed by atoms with Gasteiger partial charge in [0.25, 0.3) is 0 Å². The molecule has 1 aliphatic rings. The van der Waals surface area contributed by atoms with Crippen molar-refractivity contribution < 1.29 is 19.1 Å². The van der Waals surface area contributed by atoms with E-state index in [-0.39, 0.29) is 18.9 Å². The van der Waals surface area contributed by atoms with Gasteiger partial charge in [0.2, 0.25) is 0 Å². The van der Waals surface area contributed by atoms with Gasteiger partial charge in [0, 0.05) is 12.3 Å². The first kappa shape index (κ1) is 23.5. The number of carbonyl (C=O) groups is 2. The van der Waals surface area contributed by atoms with Crippen LogP contribution in [0.2, 0.25) is 0 Å². The largest absolute Gasteiger partial charge is 0.458 e. The maximum Gasteiger partial charge on any atom is 0.407 e. The van der Waals surface area contributed by atoms with Gasteiger partial charge in [0.05, 0.1) is 0 Å². The fourth-order valence-corrected chi connectivity index (χ4v) is 4.84. The number of amides is 1. The predicted molar refractivity (Wildman–Crippen MR) is 131 cm³/mol. The highest BCUT2D eigenvalue weighted by Gasteiger charge is 2.31. The minimum atomic E-state index is -0.934. The number of alkyl carbamates (subject to hydrolysis) is 1. The molecule has 0 unspecified atom stereocenters. The molecule has 6 nitrogen and oxygen atoms in total. The summed E-state index contributed by atoms with van der Waals surface area (Å²) in [4.78, 5) is 26.1. The van der Waals surface area contributed by atoms with Gasteiger partial charge in [-0.3, -0.25) is 0 Å². The molecule has 34 heavy (non-hydrogen) atoms. The number of fused-ring (bicyclic) bond motifs is 3. The number of carbonyl (C=O) groups excluding carboxylic acids is 2. The Kier molecular flexibility index (Phi) is 6.71. The highest BCUT2D eigenvalue weighted by Crippen LogP contribution is 2.44. The molecule has 1 atom stereocenters. The quantitative estimate of drug-likeness (QED) is 0.483. The standard InChI is InChI=1S/C27H26N2O4S/c1-27(2,3)33-25(30)24(13-17-12-18(14-28)34-16-17)29-26(31)32-15-23-21-10-6-4-8-19(21)20-9-5-7-11-22(20)23/h4-12,16,23-24H,13,15H2,1-3H3,(H,29,31)/t24-/m0/s1. The smallest absolute Gasteiger partial charge is 0.407 e. The van der Waals surface area contributed by atoms with Gasteiger partial charge < -0.3 is 14.8 Å². The fourth-order valence-electron chi connectivity index (χ4n) is 4.13. The Morgan fingerprint density at radius 3 is 2.26 bits per heavy atom. The molecule has 7 heteroatoms. The van der Waals surface area contributed by atoms with Crippen molar-refractivity contribution in [3.05, 3.63) is 81.5 Å². The Morgan fingerprint density at radius 1 is 1.09 bits per heavy atom. The summed E-state index contributed by atoms with van der Waals surface area (Å²) in [5, 5.41) is 13.6. The van der Waals surface area contributed by atoms with Crippen LogP contribution >= 0.6 is 11.3 Å². The van der Waals surface area contributed by atoms with Crippen molar-refractivity contribution >= 4 is 23.4 Å². The predicted octanol–water partition coefficient (Wildman–Crippen LogP) is 5.41. The van der Waals surface area contributed by atoms with E-state index in [0.717, 1.165) is 27.8 Å². The zero-order valence-corrected chi connectivity index (χ0v) is 20.1. The first-order chi connectivity index (χ1) is 16.2. The molecule has 1 aliphatic carbocycles. The minimum Gasteiger partial charge on any atom is -0.458 e. The fraction of sp³-hybridized carbons (Fsp3) is 0.296. The molecule has 1 heterocycles. The lowest BCUT2D eigenvalue weighted by molar-refractivity contribution is -0.157. The van der Waals surface area contributed by atoms with Crippen LogP contribution in [0.4, 0.5) is 4.79 Å². The van der Waals surface area contributed by atoms with Crippen LogP contribution in [0.3, 0.4) is 0 Å². The van der Waals surface area contributed by atoms with Gasteiger partial charge in [0.1, 0.15) is 29.2 Å². The third-order valence-corrected chi connectivity index (χ3v) is 6.41. The number of thiophene rings is 1. The Bertz CT molecular complexity index is 1210. The van der Waals surface area contributed by atoms with E-state index in [4.69, 9.17) is 14.7 Å². The SMILES string of the molecule is CC(C)(C)OC(=O)[C@H](Cc1csc(C#N)c1)NC(=O)OCC1c2ccccc2-c2ccccc21. The van der Waals surface area contributed by atoms with Gasteiger partial charge in [0.15, 0.2) is 0 Å². The van der Waals surface area contributed by atoms with Crippen molar-refractivity contribution in [3.8, 4) is 17.2 Å². The van der Waals surface area contributed by atoms with E-state index in [1.807, 2.05) is 36.4 Å². The summed E-state index contributed by atoms with van der Waals surface area (Å²) in [5.74, 6) is -0.626. The number of esters is 1. The molecule has 0 spiro atoms. The van der Waals surface area contributed by atoms with E-state index in [1.54, 1.807) is 32.2 Å². The molecule has 0 saturated heterocycles. The van der Waals surface area contributed by atoms with Crippen LogP contribution in [0.5, 0.6) is 0 Å². The van der Waals surface area contributed by atoms with Crippen LogP contribution in [-0.4, -0.2) is 30.3 Å². The van der Waals surface area contributed by atoms with Crippen molar-refractivity contribution in [2.75, 3.05) is 6.61 Å². The number of nitriles is 1. The lowest BCUT2D eigenvalue weighted by Gasteiger charge is -2.24. The number of benzene rings is 2. The topological polar surface area (TPSA) is 88.4 Å². The molecule has 1 aromatic heterocycles. The van der Waals surface area contributed by atoms with E-state index in [2.05, 4.69) is 23.5 Å². The highest BCUT2D eigenvalue weighted by molar-refractivity contribution is 7.10. The first-order valence-electron chi connectivity index (χ1n) is 11.1. The summed E-state index contributed by atoms with van der Waals surface area (Å²) in [7, 11) is 0. The Hall–Kier alpha value is -3.63. The van der Waals surface area contributed by atoms with Crippen LogP contribution in [-0.2, 0) is 20.7 Å². The number of rotatable bonds is 6. The molecule has 0 aliphatic heterocycles. The summed E-state index contributed by atoms with van der Waals surface area (Å²) in [5.41, 5.74) is 4.58. The molecule has 174 valence electrons. The number of nitrogens with zero attached hydrogens (tertiary/aromatic N) is 1. The number of nitrogens with one attached hydrogen (secondary N) is 1. The second kappa shape index (κ2) is 9.70. The van der Waals surface area contributed by atoms with Crippen LogP contribution < -0.4 is 5.32 Å². The van der Waals surface area contributed by atoms with E-state index in [1.165, 1.54) is 11.3 Å². The van der Waals surface area contributed by atoms with Crippen LogP contribution in [0.15, 0.2) is 60.0 Å². The molecule has 0 fully saturated rings. The zero-order valence-electron chi connectivity index (χ0n) is 19.3. The van der Waals surface area contributed by atoms with Crippen LogP contribution in [0.1, 0.15) is 48.3 Å². The summed E-state index contributed by atoms with van der Waals surface area (Å²) in [6.45, 7) is 5.47. The lowest BCUT2D eigenvalue weighted by atomic mass is 9.98. The van der Waals surface area contributed by atoms with Gasteiger partial charge >= 0.3 is 12.1 Å². The van der Waals surface area contributed by atoms with Crippen LogP contribution in [0.25, 0.3) is 11.1 Å². The van der Waals surface area contributed by atoms with Gasteiger partial charge in [-0.05, 0) is 60.0 Å². The maximum absolute atomic E-state index is 12.8. The summed E-state index contributed by atoms with van der Waals surface area (Å²) in [6.07, 6.45) is -0.481. The summed E-state index contributed by atoms with van der Waals surface area (Å²) >= 11 is 1.29. The van der Waals surface area contributed by atoms with Gasteiger partial charge in [-0.2, -0.15) is 5.26 Å². The molecule has 1 N–H and O–H groups in total. The molecule has 1 amide bonds. The molecule has 0 bridgehead atoms. The van der Waals surface area contributed by atoms with Crippen molar-refractivity contribution in [3.63, 3.8) is 0 Å². The second-order valence-electron chi connectivity index (χ2n) is 9.19. The molecular weight excluding hydrogens is 448 g/mol. The zero-order chi connectivity index (χ0) is 24.3. The summed E-state index contributed by atoms with van der Waals surface area (Å²) < 4.78 is 11.1. The van der Waals surface area contributed by atoms with Crippen molar-refractivity contribution in [2.45, 2.75) is 44.8 Å². The first-order valence-corrected chi connectivity index (χ1v) is 11.9. The Labute approximate surface area is 203 Å². The Morgan fingerprint density at radius 2 is 1.71 bits per heavy atom. The molecule has 0 radical (unpaired) electrons. The summed E-state index contributed by atoms with van der Waals surface area (Å²) in [6, 6.07) is 19.1. The minimum absolute atomic E-state index is 0.0758. The third-order valence-electron chi connectivity index (χ3n) is 5.53. The van der Waals surface area contributed by atoms with Crippen molar-refractivity contribution in [2.24, 2.45) is 0 Å². The maximum atomic E-state index is 12.8. The van der Waals surface area contributed by atoms with E-state index in [0.29, 0.717) is 4.88 Å². The normalized spacial score (nSPS) is 13.4. The second-order valence-corrected chi connectivity index (χ2v) is 10.1. The monoisotopic (exact) mass is 474 g/mol. The molecule has 2 aromatic carbocycles. The van der Waals surface area contributed by atoms with Crippen molar-refractivity contribution in [1.29, 1.82) is 5.26 Å². The molecular formula is C27H26N2O4S.